The Morgan fingerprint density at radius 2 is 1.96 bits per heavy atom. The molecular weight excluding hydrogens is 340 g/mol. The Kier molecular flexibility index (Phi) is 4.09. The number of nitrogens with zero attached hydrogens (tertiary/aromatic N) is 2. The third-order valence-electron chi connectivity index (χ3n) is 4.64. The fraction of sp³-hybridized carbons (Fsp3) is 0.263. The van der Waals surface area contributed by atoms with Crippen molar-refractivity contribution < 1.29 is 14.3 Å². The quantitative estimate of drug-likeness (QED) is 0.831. The highest BCUT2D eigenvalue weighted by atomic mass is 35.5. The van der Waals surface area contributed by atoms with Crippen LogP contribution in [0.25, 0.3) is 0 Å². The summed E-state index contributed by atoms with van der Waals surface area (Å²) in [5.41, 5.74) is 3.00. The zero-order valence-electron chi connectivity index (χ0n) is 13.6. The van der Waals surface area contributed by atoms with Crippen molar-refractivity contribution in [1.82, 2.24) is 4.90 Å². The predicted molar refractivity (Wildman–Crippen MR) is 94.9 cm³/mol. The molecule has 2 aromatic carbocycles. The third kappa shape index (κ3) is 3.07. The second-order valence-electron chi connectivity index (χ2n) is 6.21. The van der Waals surface area contributed by atoms with Crippen molar-refractivity contribution in [2.75, 3.05) is 24.6 Å². The van der Waals surface area contributed by atoms with E-state index >= 15 is 0 Å². The number of carbonyl (C=O) groups is 2. The molecule has 0 bridgehead atoms. The van der Waals surface area contributed by atoms with Gasteiger partial charge >= 0.3 is 0 Å². The van der Waals surface area contributed by atoms with Gasteiger partial charge in [-0.05, 0) is 35.7 Å². The molecule has 0 saturated carbocycles. The van der Waals surface area contributed by atoms with Crippen molar-refractivity contribution in [2.45, 2.75) is 13.0 Å². The average Bonchev–Trinajstić information content (AvgIpc) is 2.63. The number of ether oxygens (including phenoxy) is 1. The Balaban J connectivity index is 1.54. The summed E-state index contributed by atoms with van der Waals surface area (Å²) in [7, 11) is 0. The lowest BCUT2D eigenvalue weighted by atomic mass is 10.00. The van der Waals surface area contributed by atoms with Crippen LogP contribution in [-0.4, -0.2) is 36.4 Å². The van der Waals surface area contributed by atoms with E-state index < -0.39 is 0 Å². The molecule has 2 amide bonds. The number of carbonyl (C=O) groups excluding carboxylic acids is 2. The number of hydrogen-bond acceptors (Lipinski definition) is 3. The first-order chi connectivity index (χ1) is 12.1. The topological polar surface area (TPSA) is 49.9 Å². The minimum atomic E-state index is -0.236. The highest BCUT2D eigenvalue weighted by Crippen LogP contribution is 2.34. The Labute approximate surface area is 150 Å². The summed E-state index contributed by atoms with van der Waals surface area (Å²) >= 11 is 6.04. The van der Waals surface area contributed by atoms with Crippen LogP contribution in [0.3, 0.4) is 0 Å². The summed E-state index contributed by atoms with van der Waals surface area (Å²) in [5, 5.41) is 0.501. The molecule has 2 heterocycles. The van der Waals surface area contributed by atoms with E-state index in [9.17, 15) is 9.59 Å². The van der Waals surface area contributed by atoms with Crippen LogP contribution in [0.15, 0.2) is 42.5 Å². The first-order valence-electron chi connectivity index (χ1n) is 8.19. The standard InChI is InChI=1S/C19H17ClN2O3/c20-15-5-6-17-16(9-15)22(19(24)12-25-17)11-18(23)21-8-7-13-3-1-2-4-14(13)10-21/h1-6,9H,7-8,10-12H2. The van der Waals surface area contributed by atoms with E-state index in [1.807, 2.05) is 18.2 Å². The Bertz CT molecular complexity index is 852. The summed E-state index contributed by atoms with van der Waals surface area (Å²) < 4.78 is 5.42. The van der Waals surface area contributed by atoms with Gasteiger partial charge in [0.05, 0.1) is 5.69 Å². The van der Waals surface area contributed by atoms with E-state index in [0.717, 1.165) is 6.42 Å². The predicted octanol–water partition coefficient (Wildman–Crippen LogP) is 2.65. The molecule has 0 aromatic heterocycles. The van der Waals surface area contributed by atoms with Crippen molar-refractivity contribution in [3.8, 4) is 5.75 Å². The molecular formula is C19H17ClN2O3. The van der Waals surface area contributed by atoms with E-state index in [2.05, 4.69) is 6.07 Å². The number of halogens is 1. The molecule has 0 spiro atoms. The molecule has 0 aliphatic carbocycles. The van der Waals surface area contributed by atoms with Crippen molar-refractivity contribution in [3.05, 3.63) is 58.6 Å². The normalized spacial score (nSPS) is 16.1. The zero-order valence-corrected chi connectivity index (χ0v) is 14.3. The van der Waals surface area contributed by atoms with E-state index in [0.29, 0.717) is 29.5 Å². The Hall–Kier alpha value is -2.53. The second-order valence-corrected chi connectivity index (χ2v) is 6.65. The molecule has 0 saturated heterocycles. The van der Waals surface area contributed by atoms with Gasteiger partial charge < -0.3 is 9.64 Å². The number of hydrogen-bond donors (Lipinski definition) is 0. The van der Waals surface area contributed by atoms with Gasteiger partial charge in [0, 0.05) is 18.1 Å². The second kappa shape index (κ2) is 6.41. The summed E-state index contributed by atoms with van der Waals surface area (Å²) in [4.78, 5) is 28.3. The minimum Gasteiger partial charge on any atom is -0.482 e. The molecule has 2 aromatic rings. The van der Waals surface area contributed by atoms with Gasteiger partial charge in [0.15, 0.2) is 6.61 Å². The van der Waals surface area contributed by atoms with Crippen LogP contribution < -0.4 is 9.64 Å². The van der Waals surface area contributed by atoms with Crippen molar-refractivity contribution >= 4 is 29.1 Å². The van der Waals surface area contributed by atoms with Crippen LogP contribution in [0.4, 0.5) is 5.69 Å². The summed E-state index contributed by atoms with van der Waals surface area (Å²) in [5.74, 6) is 0.261. The van der Waals surface area contributed by atoms with Crippen molar-refractivity contribution in [1.29, 1.82) is 0 Å². The summed E-state index contributed by atoms with van der Waals surface area (Å²) in [6.45, 7) is 1.18. The van der Waals surface area contributed by atoms with E-state index in [-0.39, 0.29) is 25.0 Å². The number of benzene rings is 2. The van der Waals surface area contributed by atoms with Gasteiger partial charge in [-0.25, -0.2) is 0 Å². The fourth-order valence-electron chi connectivity index (χ4n) is 3.29. The third-order valence-corrected chi connectivity index (χ3v) is 4.88. The van der Waals surface area contributed by atoms with Crippen LogP contribution in [0.2, 0.25) is 5.02 Å². The highest BCUT2D eigenvalue weighted by Gasteiger charge is 2.30. The SMILES string of the molecule is O=C(CN1C(=O)COc2ccc(Cl)cc21)N1CCc2ccccc2C1. The Morgan fingerprint density at radius 3 is 2.80 bits per heavy atom. The molecule has 2 aliphatic heterocycles. The van der Waals surface area contributed by atoms with E-state index in [1.165, 1.54) is 16.0 Å². The zero-order chi connectivity index (χ0) is 17.4. The monoisotopic (exact) mass is 356 g/mol. The molecule has 25 heavy (non-hydrogen) atoms. The molecule has 128 valence electrons. The molecule has 6 heteroatoms. The van der Waals surface area contributed by atoms with Crippen molar-refractivity contribution in [2.24, 2.45) is 0 Å². The maximum Gasteiger partial charge on any atom is 0.265 e. The van der Waals surface area contributed by atoms with Gasteiger partial charge in [-0.3, -0.25) is 14.5 Å². The lowest BCUT2D eigenvalue weighted by Crippen LogP contribution is -2.47. The van der Waals surface area contributed by atoms with Crippen molar-refractivity contribution in [3.63, 3.8) is 0 Å². The largest absolute Gasteiger partial charge is 0.482 e. The molecule has 0 radical (unpaired) electrons. The molecule has 5 nitrogen and oxygen atoms in total. The average molecular weight is 357 g/mol. The number of amides is 2. The lowest BCUT2D eigenvalue weighted by molar-refractivity contribution is -0.132. The van der Waals surface area contributed by atoms with Crippen LogP contribution >= 0.6 is 11.6 Å². The van der Waals surface area contributed by atoms with E-state index in [4.69, 9.17) is 16.3 Å². The molecule has 0 fully saturated rings. The first kappa shape index (κ1) is 16.0. The van der Waals surface area contributed by atoms with Gasteiger partial charge in [0.25, 0.3) is 5.91 Å². The maximum absolute atomic E-state index is 12.8. The first-order valence-corrected chi connectivity index (χ1v) is 8.57. The summed E-state index contributed by atoms with van der Waals surface area (Å²) in [6, 6.07) is 13.2. The fourth-order valence-corrected chi connectivity index (χ4v) is 3.46. The van der Waals surface area contributed by atoms with Gasteiger partial charge in [0.1, 0.15) is 12.3 Å². The number of fused-ring (bicyclic) bond motifs is 2. The minimum absolute atomic E-state index is 0.00228. The van der Waals surface area contributed by atoms with Gasteiger partial charge in [-0.15, -0.1) is 0 Å². The Morgan fingerprint density at radius 1 is 1.16 bits per heavy atom. The van der Waals surface area contributed by atoms with Crippen LogP contribution in [-0.2, 0) is 22.6 Å². The maximum atomic E-state index is 12.8. The molecule has 0 unspecified atom stereocenters. The number of rotatable bonds is 2. The van der Waals surface area contributed by atoms with Gasteiger partial charge in [-0.1, -0.05) is 35.9 Å². The molecule has 0 N–H and O–H groups in total. The molecule has 4 rings (SSSR count). The highest BCUT2D eigenvalue weighted by molar-refractivity contribution is 6.31. The lowest BCUT2D eigenvalue weighted by Gasteiger charge is -2.33. The van der Waals surface area contributed by atoms with Crippen LogP contribution in [0.1, 0.15) is 11.1 Å². The smallest absolute Gasteiger partial charge is 0.265 e. The van der Waals surface area contributed by atoms with Crippen LogP contribution in [0, 0.1) is 0 Å². The van der Waals surface area contributed by atoms with Gasteiger partial charge in [-0.2, -0.15) is 0 Å². The summed E-state index contributed by atoms with van der Waals surface area (Å²) in [6.07, 6.45) is 0.835. The molecule has 0 atom stereocenters. The molecule has 2 aliphatic rings. The van der Waals surface area contributed by atoms with Gasteiger partial charge in [0.2, 0.25) is 5.91 Å². The van der Waals surface area contributed by atoms with E-state index in [1.54, 1.807) is 23.1 Å². The number of anilines is 1. The van der Waals surface area contributed by atoms with Crippen LogP contribution in [0.5, 0.6) is 5.75 Å².